The predicted octanol–water partition coefficient (Wildman–Crippen LogP) is 3.80. The van der Waals surface area contributed by atoms with Gasteiger partial charge in [-0.1, -0.05) is 18.2 Å². The van der Waals surface area contributed by atoms with Gasteiger partial charge < -0.3 is 4.74 Å². The van der Waals surface area contributed by atoms with Crippen LogP contribution in [0.1, 0.15) is 0 Å². The van der Waals surface area contributed by atoms with Crippen molar-refractivity contribution < 1.29 is 17.5 Å². The normalized spacial score (nSPS) is 11.5. The lowest BCUT2D eigenvalue weighted by atomic mass is 10.1. The molecule has 0 bridgehead atoms. The Kier molecular flexibility index (Phi) is 5.38. The minimum atomic E-state index is -4.13. The second-order valence-electron chi connectivity index (χ2n) is 7.21. The number of anilines is 1. The Labute approximate surface area is 193 Å². The number of rotatable bonds is 6. The number of methoxy groups -OCH3 is 1. The molecule has 5 aromatic rings. The number of ether oxygens (including phenoxy) is 1. The highest BCUT2D eigenvalue weighted by molar-refractivity contribution is 7.92. The number of pyridine rings is 1. The Morgan fingerprint density at radius 1 is 0.941 bits per heavy atom. The van der Waals surface area contributed by atoms with Crippen molar-refractivity contribution in [1.82, 2.24) is 24.8 Å². The lowest BCUT2D eigenvalue weighted by molar-refractivity contribution is 0.410. The van der Waals surface area contributed by atoms with Gasteiger partial charge in [0.2, 0.25) is 5.82 Å². The largest absolute Gasteiger partial charge is 0.497 e. The number of hydrogen-bond donors (Lipinski definition) is 1. The first-order valence-corrected chi connectivity index (χ1v) is 11.5. The fourth-order valence-electron chi connectivity index (χ4n) is 3.34. The van der Waals surface area contributed by atoms with E-state index < -0.39 is 20.7 Å². The summed E-state index contributed by atoms with van der Waals surface area (Å²) >= 11 is 0. The first kappa shape index (κ1) is 21.5. The first-order chi connectivity index (χ1) is 16.4. The molecule has 3 heterocycles. The zero-order chi connectivity index (χ0) is 23.7. The smallest absolute Gasteiger partial charge is 0.264 e. The highest BCUT2D eigenvalue weighted by Crippen LogP contribution is 2.25. The molecule has 5 rings (SSSR count). The predicted molar refractivity (Wildman–Crippen MR) is 123 cm³/mol. The monoisotopic (exact) mass is 476 g/mol. The van der Waals surface area contributed by atoms with Crippen LogP contribution in [0.25, 0.3) is 28.4 Å². The van der Waals surface area contributed by atoms with Gasteiger partial charge in [0.15, 0.2) is 5.65 Å². The van der Waals surface area contributed by atoms with Crippen LogP contribution < -0.4 is 9.46 Å². The molecule has 34 heavy (non-hydrogen) atoms. The van der Waals surface area contributed by atoms with Crippen molar-refractivity contribution in [2.75, 3.05) is 11.8 Å². The van der Waals surface area contributed by atoms with E-state index in [2.05, 4.69) is 25.0 Å². The SMILES string of the molecule is COc1ccc(S(=O)(=O)Nc2ccc(-c3ccc4nnc(-c5ccccn5)n4n3)cc2)c(F)c1. The zero-order valence-electron chi connectivity index (χ0n) is 17.8. The maximum Gasteiger partial charge on any atom is 0.264 e. The molecular weight excluding hydrogens is 459 g/mol. The quantitative estimate of drug-likeness (QED) is 0.397. The van der Waals surface area contributed by atoms with Crippen molar-refractivity contribution in [3.63, 3.8) is 0 Å². The molecule has 1 N–H and O–H groups in total. The molecule has 0 atom stereocenters. The Morgan fingerprint density at radius 2 is 1.76 bits per heavy atom. The first-order valence-electron chi connectivity index (χ1n) is 10.1. The Hall–Kier alpha value is -4.38. The third kappa shape index (κ3) is 4.04. The molecule has 170 valence electrons. The van der Waals surface area contributed by atoms with Crippen LogP contribution in [-0.4, -0.2) is 40.3 Å². The molecule has 9 nitrogen and oxygen atoms in total. The molecular formula is C23H17FN6O3S. The summed E-state index contributed by atoms with van der Waals surface area (Å²) in [4.78, 5) is 3.83. The Bertz CT molecular complexity index is 1590. The second kappa shape index (κ2) is 8.52. The van der Waals surface area contributed by atoms with Crippen molar-refractivity contribution in [2.24, 2.45) is 0 Å². The van der Waals surface area contributed by atoms with Gasteiger partial charge in [0.05, 0.1) is 12.8 Å². The minimum Gasteiger partial charge on any atom is -0.497 e. The van der Waals surface area contributed by atoms with E-state index in [1.54, 1.807) is 47.1 Å². The summed E-state index contributed by atoms with van der Waals surface area (Å²) in [7, 11) is -2.75. The molecule has 0 aliphatic rings. The van der Waals surface area contributed by atoms with Crippen LogP contribution in [0.2, 0.25) is 0 Å². The molecule has 0 fully saturated rings. The van der Waals surface area contributed by atoms with E-state index in [1.165, 1.54) is 13.2 Å². The molecule has 0 saturated carbocycles. The van der Waals surface area contributed by atoms with Crippen LogP contribution in [-0.2, 0) is 10.0 Å². The summed E-state index contributed by atoms with van der Waals surface area (Å²) in [6.07, 6.45) is 1.66. The molecule has 3 aromatic heterocycles. The van der Waals surface area contributed by atoms with Crippen LogP contribution in [0.3, 0.4) is 0 Å². The molecule has 0 unspecified atom stereocenters. The maximum absolute atomic E-state index is 14.3. The number of nitrogens with zero attached hydrogens (tertiary/aromatic N) is 5. The molecule has 11 heteroatoms. The van der Waals surface area contributed by atoms with Crippen molar-refractivity contribution in [3.05, 3.63) is 84.8 Å². The van der Waals surface area contributed by atoms with Gasteiger partial charge in [-0.2, -0.15) is 9.61 Å². The van der Waals surface area contributed by atoms with Crippen LogP contribution in [0.5, 0.6) is 5.75 Å². The van der Waals surface area contributed by atoms with Gasteiger partial charge in [-0.15, -0.1) is 10.2 Å². The van der Waals surface area contributed by atoms with Gasteiger partial charge in [-0.3, -0.25) is 9.71 Å². The van der Waals surface area contributed by atoms with Gasteiger partial charge in [-0.05, 0) is 48.5 Å². The number of nitrogens with one attached hydrogen (secondary N) is 1. The van der Waals surface area contributed by atoms with E-state index in [-0.39, 0.29) is 11.4 Å². The number of hydrogen-bond acceptors (Lipinski definition) is 7. The van der Waals surface area contributed by atoms with Gasteiger partial charge in [0.1, 0.15) is 22.2 Å². The topological polar surface area (TPSA) is 111 Å². The molecule has 0 aliphatic carbocycles. The molecule has 0 aliphatic heterocycles. The van der Waals surface area contributed by atoms with Crippen molar-refractivity contribution in [1.29, 1.82) is 0 Å². The maximum atomic E-state index is 14.3. The highest BCUT2D eigenvalue weighted by atomic mass is 32.2. The van der Waals surface area contributed by atoms with Crippen molar-refractivity contribution >= 4 is 21.4 Å². The summed E-state index contributed by atoms with van der Waals surface area (Å²) in [6.45, 7) is 0. The van der Waals surface area contributed by atoms with E-state index >= 15 is 0 Å². The summed E-state index contributed by atoms with van der Waals surface area (Å²) in [6, 6.07) is 19.2. The van der Waals surface area contributed by atoms with E-state index in [1.807, 2.05) is 18.2 Å². The summed E-state index contributed by atoms with van der Waals surface area (Å²) in [5.74, 6) is -0.175. The van der Waals surface area contributed by atoms with Gasteiger partial charge in [0.25, 0.3) is 10.0 Å². The highest BCUT2D eigenvalue weighted by Gasteiger charge is 2.20. The lowest BCUT2D eigenvalue weighted by Gasteiger charge is -2.10. The molecule has 2 aromatic carbocycles. The third-order valence-corrected chi connectivity index (χ3v) is 6.43. The van der Waals surface area contributed by atoms with E-state index in [0.29, 0.717) is 22.9 Å². The fourth-order valence-corrected chi connectivity index (χ4v) is 4.46. The van der Waals surface area contributed by atoms with Crippen LogP contribution in [0, 0.1) is 5.82 Å². The number of sulfonamides is 1. The number of halogens is 1. The molecule has 0 spiro atoms. The summed E-state index contributed by atoms with van der Waals surface area (Å²) < 4.78 is 48.4. The molecule has 0 amide bonds. The van der Waals surface area contributed by atoms with E-state index in [9.17, 15) is 12.8 Å². The van der Waals surface area contributed by atoms with E-state index in [4.69, 9.17) is 4.74 Å². The zero-order valence-corrected chi connectivity index (χ0v) is 18.6. The van der Waals surface area contributed by atoms with E-state index in [0.717, 1.165) is 17.7 Å². The lowest BCUT2D eigenvalue weighted by Crippen LogP contribution is -2.14. The molecule has 0 saturated heterocycles. The average Bonchev–Trinajstić information content (AvgIpc) is 3.28. The standard InChI is InChI=1S/C23H17FN6O3S/c1-33-17-9-11-21(18(24)14-17)34(31,32)29-16-7-5-15(6-8-16)19-10-12-22-26-27-23(30(22)28-19)20-4-2-3-13-25-20/h2-14,29H,1H3. The Morgan fingerprint density at radius 3 is 2.47 bits per heavy atom. The Balaban J connectivity index is 1.42. The van der Waals surface area contributed by atoms with Gasteiger partial charge >= 0.3 is 0 Å². The van der Waals surface area contributed by atoms with Crippen LogP contribution in [0.15, 0.2) is 83.9 Å². The van der Waals surface area contributed by atoms with Gasteiger partial charge in [0, 0.05) is 23.5 Å². The molecule has 0 radical (unpaired) electrons. The van der Waals surface area contributed by atoms with Crippen LogP contribution in [0.4, 0.5) is 10.1 Å². The second-order valence-corrected chi connectivity index (χ2v) is 8.86. The third-order valence-electron chi connectivity index (χ3n) is 5.02. The summed E-state index contributed by atoms with van der Waals surface area (Å²) in [5.41, 5.74) is 2.84. The minimum absolute atomic E-state index is 0.226. The fraction of sp³-hybridized carbons (Fsp3) is 0.0435. The number of benzene rings is 2. The number of fused-ring (bicyclic) bond motifs is 1. The van der Waals surface area contributed by atoms with Gasteiger partial charge in [-0.25, -0.2) is 12.8 Å². The van der Waals surface area contributed by atoms with Crippen LogP contribution >= 0.6 is 0 Å². The summed E-state index contributed by atoms with van der Waals surface area (Å²) in [5, 5.41) is 12.9. The van der Waals surface area contributed by atoms with Crippen molar-refractivity contribution in [2.45, 2.75) is 4.90 Å². The average molecular weight is 476 g/mol. The number of aromatic nitrogens is 5. The van der Waals surface area contributed by atoms with Crippen molar-refractivity contribution in [3.8, 4) is 28.5 Å².